The molecular formula is C28H29F2N3O. The lowest BCUT2D eigenvalue weighted by atomic mass is 9.98. The molecule has 2 aliphatic rings. The van der Waals surface area contributed by atoms with E-state index in [2.05, 4.69) is 40.7 Å². The van der Waals surface area contributed by atoms with Crippen LogP contribution in [0.1, 0.15) is 35.1 Å². The van der Waals surface area contributed by atoms with Crippen LogP contribution in [-0.4, -0.2) is 24.2 Å². The van der Waals surface area contributed by atoms with Crippen molar-refractivity contribution >= 4 is 6.21 Å². The van der Waals surface area contributed by atoms with Crippen molar-refractivity contribution in [2.24, 2.45) is 10.7 Å². The molecule has 1 fully saturated rings. The number of likely N-dealkylation sites (tertiary alicyclic amines) is 1. The molecule has 0 radical (unpaired) electrons. The molecule has 4 nitrogen and oxygen atoms in total. The molecule has 6 heteroatoms. The monoisotopic (exact) mass is 461 g/mol. The van der Waals surface area contributed by atoms with Crippen molar-refractivity contribution in [3.63, 3.8) is 0 Å². The zero-order valence-corrected chi connectivity index (χ0v) is 19.6. The highest BCUT2D eigenvalue weighted by Gasteiger charge is 2.20. The van der Waals surface area contributed by atoms with Gasteiger partial charge < -0.3 is 10.5 Å². The topological polar surface area (TPSA) is 50.8 Å². The zero-order valence-electron chi connectivity index (χ0n) is 19.6. The third-order valence-corrected chi connectivity index (χ3v) is 6.11. The van der Waals surface area contributed by atoms with Crippen LogP contribution in [0.15, 0.2) is 76.4 Å². The highest BCUT2D eigenvalue weighted by molar-refractivity contribution is 5.72. The summed E-state index contributed by atoms with van der Waals surface area (Å²) in [5.74, 6) is -1.00. The van der Waals surface area contributed by atoms with Crippen molar-refractivity contribution in [2.45, 2.75) is 39.7 Å². The Morgan fingerprint density at radius 3 is 2.85 bits per heavy atom. The summed E-state index contributed by atoms with van der Waals surface area (Å²) in [6.07, 6.45) is 9.90. The first-order valence-corrected chi connectivity index (χ1v) is 11.4. The maximum atomic E-state index is 13.9. The Morgan fingerprint density at radius 2 is 2.00 bits per heavy atom. The summed E-state index contributed by atoms with van der Waals surface area (Å²) in [5.41, 5.74) is 15.1. The van der Waals surface area contributed by atoms with Gasteiger partial charge in [0.25, 0.3) is 0 Å². The van der Waals surface area contributed by atoms with Crippen molar-refractivity contribution < 1.29 is 13.5 Å². The summed E-state index contributed by atoms with van der Waals surface area (Å²) in [4.78, 5) is 6.83. The molecular weight excluding hydrogens is 432 g/mol. The van der Waals surface area contributed by atoms with E-state index < -0.39 is 11.6 Å². The third kappa shape index (κ3) is 5.90. The van der Waals surface area contributed by atoms with E-state index in [0.29, 0.717) is 6.54 Å². The average Bonchev–Trinajstić information content (AvgIpc) is 3.08. The molecule has 4 rings (SSSR count). The van der Waals surface area contributed by atoms with Crippen LogP contribution in [0.25, 0.3) is 0 Å². The molecule has 0 aromatic heterocycles. The van der Waals surface area contributed by atoms with Crippen molar-refractivity contribution in [1.29, 1.82) is 0 Å². The number of hydrogen-bond acceptors (Lipinski definition) is 4. The molecule has 34 heavy (non-hydrogen) atoms. The number of piperidine rings is 1. The zero-order chi connectivity index (χ0) is 24.1. The predicted molar refractivity (Wildman–Crippen MR) is 132 cm³/mol. The second kappa shape index (κ2) is 10.6. The van der Waals surface area contributed by atoms with Crippen LogP contribution in [-0.2, 0) is 13.0 Å². The highest BCUT2D eigenvalue weighted by Crippen LogP contribution is 2.27. The molecule has 0 bridgehead atoms. The van der Waals surface area contributed by atoms with Crippen LogP contribution in [0.3, 0.4) is 0 Å². The van der Waals surface area contributed by atoms with E-state index >= 15 is 0 Å². The van der Waals surface area contributed by atoms with Crippen LogP contribution >= 0.6 is 0 Å². The molecule has 1 saturated heterocycles. The van der Waals surface area contributed by atoms with E-state index in [1.165, 1.54) is 22.8 Å². The summed E-state index contributed by atoms with van der Waals surface area (Å²) in [7, 11) is 0. The fourth-order valence-electron chi connectivity index (χ4n) is 4.23. The molecule has 2 aliphatic heterocycles. The molecule has 2 heterocycles. The molecule has 2 N–H and O–H groups in total. The second-order valence-corrected chi connectivity index (χ2v) is 8.78. The van der Waals surface area contributed by atoms with Gasteiger partial charge in [0, 0.05) is 54.7 Å². The fourth-order valence-corrected chi connectivity index (χ4v) is 4.23. The Kier molecular flexibility index (Phi) is 7.41. The summed E-state index contributed by atoms with van der Waals surface area (Å²) in [6, 6.07) is 8.53. The van der Waals surface area contributed by atoms with Gasteiger partial charge in [-0.05, 0) is 62.6 Å². The summed E-state index contributed by atoms with van der Waals surface area (Å²) >= 11 is 0. The molecule has 2 aromatic rings. The minimum absolute atomic E-state index is 0.112. The molecule has 2 aromatic carbocycles. The van der Waals surface area contributed by atoms with Gasteiger partial charge in [-0.1, -0.05) is 23.8 Å². The molecule has 0 aliphatic carbocycles. The van der Waals surface area contributed by atoms with Crippen molar-refractivity contribution in [2.75, 3.05) is 13.1 Å². The van der Waals surface area contributed by atoms with E-state index in [1.54, 1.807) is 19.2 Å². The number of hydrogen-bond donors (Lipinski definition) is 1. The highest BCUT2D eigenvalue weighted by atomic mass is 19.1. The Hall–Kier alpha value is -3.47. The van der Waals surface area contributed by atoms with Gasteiger partial charge in [-0.3, -0.25) is 9.89 Å². The number of ether oxygens (including phenoxy) is 1. The molecule has 0 saturated carbocycles. The second-order valence-electron chi connectivity index (χ2n) is 8.78. The number of aliphatic imine (C=N–C) groups is 1. The lowest BCUT2D eigenvalue weighted by Crippen LogP contribution is -2.33. The molecule has 176 valence electrons. The number of allylic oxidation sites excluding steroid dienone is 3. The van der Waals surface area contributed by atoms with Crippen molar-refractivity contribution in [1.82, 2.24) is 4.90 Å². The number of halogens is 2. The minimum atomic E-state index is -0.687. The van der Waals surface area contributed by atoms with Gasteiger partial charge >= 0.3 is 0 Å². The molecule has 0 atom stereocenters. The van der Waals surface area contributed by atoms with E-state index in [1.807, 2.05) is 12.2 Å². The Morgan fingerprint density at radius 1 is 1.15 bits per heavy atom. The van der Waals surface area contributed by atoms with Crippen LogP contribution in [0.4, 0.5) is 8.78 Å². The SMILES string of the molecule is Cc1ccc(CC2=CC=C=CC=N2)c(CN2CCC/C(=C(/N)Oc3cc(F)cc(F)c3C)C2)c1. The smallest absolute Gasteiger partial charge is 0.191 e. The van der Waals surface area contributed by atoms with Gasteiger partial charge in [0.2, 0.25) is 0 Å². The van der Waals surface area contributed by atoms with E-state index in [-0.39, 0.29) is 17.2 Å². The Balaban J connectivity index is 1.50. The first-order valence-electron chi connectivity index (χ1n) is 11.4. The van der Waals surface area contributed by atoms with Crippen LogP contribution in [0, 0.1) is 25.5 Å². The van der Waals surface area contributed by atoms with Gasteiger partial charge in [-0.2, -0.15) is 0 Å². The summed E-state index contributed by atoms with van der Waals surface area (Å²) < 4.78 is 33.3. The van der Waals surface area contributed by atoms with E-state index in [4.69, 9.17) is 10.5 Å². The predicted octanol–water partition coefficient (Wildman–Crippen LogP) is 5.65. The van der Waals surface area contributed by atoms with E-state index in [0.717, 1.165) is 49.7 Å². The quantitative estimate of drug-likeness (QED) is 0.447. The van der Waals surface area contributed by atoms with Crippen molar-refractivity contribution in [3.05, 3.63) is 105 Å². The van der Waals surface area contributed by atoms with Crippen LogP contribution in [0.2, 0.25) is 0 Å². The minimum Gasteiger partial charge on any atom is -0.441 e. The number of nitrogens with two attached hydrogens (primary N) is 1. The largest absolute Gasteiger partial charge is 0.441 e. The Labute approximate surface area is 199 Å². The standard InChI is InChI=1S/C28H29F2N3O/c1-19-9-10-21(14-25-8-4-3-5-11-32-25)23(13-19)18-33-12-6-7-22(17-33)28(31)34-27-16-24(29)15-26(30)20(27)2/h4-5,8-11,13,15-16H,6-7,12,14,17-18,31H2,1-2H3/b28-22+. The number of nitrogens with zero attached hydrogens (tertiary/aromatic N) is 2. The van der Waals surface area contributed by atoms with Gasteiger partial charge in [0.05, 0.1) is 0 Å². The van der Waals surface area contributed by atoms with Crippen LogP contribution < -0.4 is 10.5 Å². The molecule has 0 spiro atoms. The fraction of sp³-hybridized carbons (Fsp3) is 0.286. The summed E-state index contributed by atoms with van der Waals surface area (Å²) in [5, 5.41) is 0. The number of rotatable bonds is 6. The van der Waals surface area contributed by atoms with Gasteiger partial charge in [0.15, 0.2) is 5.88 Å². The first kappa shape index (κ1) is 23.7. The van der Waals surface area contributed by atoms with Gasteiger partial charge in [0.1, 0.15) is 17.4 Å². The molecule has 0 amide bonds. The maximum Gasteiger partial charge on any atom is 0.191 e. The van der Waals surface area contributed by atoms with Crippen molar-refractivity contribution in [3.8, 4) is 5.75 Å². The number of aryl methyl sites for hydroxylation is 1. The van der Waals surface area contributed by atoms with Crippen LogP contribution in [0.5, 0.6) is 5.75 Å². The maximum absolute atomic E-state index is 13.9. The van der Waals surface area contributed by atoms with Gasteiger partial charge in [-0.15, -0.1) is 5.73 Å². The lowest BCUT2D eigenvalue weighted by molar-refractivity contribution is 0.248. The average molecular weight is 462 g/mol. The number of benzene rings is 2. The summed E-state index contributed by atoms with van der Waals surface area (Å²) in [6.45, 7) is 5.99. The normalized spacial score (nSPS) is 17.5. The molecule has 0 unspecified atom stereocenters. The van der Waals surface area contributed by atoms with E-state index in [9.17, 15) is 8.78 Å². The first-order chi connectivity index (χ1) is 16.4. The lowest BCUT2D eigenvalue weighted by Gasteiger charge is -2.30. The van der Waals surface area contributed by atoms with Gasteiger partial charge in [-0.25, -0.2) is 8.78 Å². The Bertz CT molecular complexity index is 1240. The third-order valence-electron chi connectivity index (χ3n) is 6.11.